The predicted molar refractivity (Wildman–Crippen MR) is 116 cm³/mol. The summed E-state index contributed by atoms with van der Waals surface area (Å²) in [5.74, 6) is 0.375. The fourth-order valence-electron chi connectivity index (χ4n) is 3.59. The third-order valence-corrected chi connectivity index (χ3v) is 5.26. The van der Waals surface area contributed by atoms with Gasteiger partial charge in [0.2, 0.25) is 17.7 Å². The number of carbonyl (C=O) groups excluding carboxylic acids is 3. The standard InChI is InChI=1S/C23H35N3O4/c1-16-8-6-9-17(2)21(16)30-13-7-10-19(27)24-11-12-25-22(29)18-14-20(28)26(15-18)23(3,4)5/h6,8-9,18H,7,10-15H2,1-5H3,(H,24,27)(H,25,29). The lowest BCUT2D eigenvalue weighted by molar-refractivity contribution is -0.132. The molecule has 1 aliphatic rings. The van der Waals surface area contributed by atoms with Gasteiger partial charge in [-0.05, 0) is 52.2 Å². The lowest BCUT2D eigenvalue weighted by Gasteiger charge is -2.31. The molecular weight excluding hydrogens is 382 g/mol. The number of nitrogens with one attached hydrogen (secondary N) is 2. The van der Waals surface area contributed by atoms with Crippen LogP contribution in [0.1, 0.15) is 51.2 Å². The largest absolute Gasteiger partial charge is 0.493 e. The van der Waals surface area contributed by atoms with E-state index in [-0.39, 0.29) is 35.6 Å². The molecule has 0 bridgehead atoms. The van der Waals surface area contributed by atoms with Gasteiger partial charge in [0, 0.05) is 38.0 Å². The number of benzene rings is 1. The number of para-hydroxylation sites is 1. The van der Waals surface area contributed by atoms with E-state index in [1.165, 1.54) is 0 Å². The van der Waals surface area contributed by atoms with Crippen molar-refractivity contribution in [1.82, 2.24) is 15.5 Å². The van der Waals surface area contributed by atoms with Gasteiger partial charge in [-0.3, -0.25) is 14.4 Å². The fourth-order valence-corrected chi connectivity index (χ4v) is 3.59. The second kappa shape index (κ2) is 10.5. The first kappa shape index (κ1) is 23.7. The molecular formula is C23H35N3O4. The molecule has 1 unspecified atom stereocenters. The van der Waals surface area contributed by atoms with Crippen molar-refractivity contribution in [3.63, 3.8) is 0 Å². The maximum atomic E-state index is 12.3. The summed E-state index contributed by atoms with van der Waals surface area (Å²) < 4.78 is 5.80. The average molecular weight is 418 g/mol. The van der Waals surface area contributed by atoms with E-state index in [4.69, 9.17) is 4.74 Å². The minimum absolute atomic E-state index is 0.0130. The summed E-state index contributed by atoms with van der Waals surface area (Å²) in [4.78, 5) is 38.1. The average Bonchev–Trinajstić information content (AvgIpc) is 3.06. The zero-order chi connectivity index (χ0) is 22.3. The van der Waals surface area contributed by atoms with Gasteiger partial charge in [-0.15, -0.1) is 0 Å². The van der Waals surface area contributed by atoms with E-state index in [0.717, 1.165) is 16.9 Å². The van der Waals surface area contributed by atoms with Gasteiger partial charge in [-0.25, -0.2) is 0 Å². The summed E-state index contributed by atoms with van der Waals surface area (Å²) in [5, 5.41) is 5.62. The minimum atomic E-state index is -0.325. The van der Waals surface area contributed by atoms with Crippen molar-refractivity contribution in [2.45, 2.75) is 59.4 Å². The molecule has 7 heteroatoms. The van der Waals surface area contributed by atoms with Crippen molar-refractivity contribution < 1.29 is 19.1 Å². The molecule has 0 aliphatic carbocycles. The molecule has 0 radical (unpaired) electrons. The molecule has 1 saturated heterocycles. The SMILES string of the molecule is Cc1cccc(C)c1OCCCC(=O)NCCNC(=O)C1CC(=O)N(C(C)(C)C)C1. The van der Waals surface area contributed by atoms with E-state index >= 15 is 0 Å². The van der Waals surface area contributed by atoms with Crippen LogP contribution >= 0.6 is 0 Å². The van der Waals surface area contributed by atoms with Crippen molar-refractivity contribution >= 4 is 17.7 Å². The molecule has 1 fully saturated rings. The number of rotatable bonds is 9. The molecule has 2 rings (SSSR count). The molecule has 166 valence electrons. The van der Waals surface area contributed by atoms with Gasteiger partial charge in [0.05, 0.1) is 12.5 Å². The highest BCUT2D eigenvalue weighted by molar-refractivity contribution is 5.89. The van der Waals surface area contributed by atoms with Crippen LogP contribution in [-0.2, 0) is 14.4 Å². The number of carbonyl (C=O) groups is 3. The molecule has 1 aromatic rings. The third-order valence-electron chi connectivity index (χ3n) is 5.26. The lowest BCUT2D eigenvalue weighted by atomic mass is 10.1. The second-order valence-electron chi connectivity index (χ2n) is 8.89. The van der Waals surface area contributed by atoms with Gasteiger partial charge in [-0.1, -0.05) is 18.2 Å². The molecule has 7 nitrogen and oxygen atoms in total. The normalized spacial score (nSPS) is 16.5. The number of likely N-dealkylation sites (tertiary alicyclic amines) is 1. The quantitative estimate of drug-likeness (QED) is 0.604. The maximum Gasteiger partial charge on any atom is 0.225 e. The van der Waals surface area contributed by atoms with Crippen molar-refractivity contribution in [3.05, 3.63) is 29.3 Å². The van der Waals surface area contributed by atoms with E-state index in [9.17, 15) is 14.4 Å². The zero-order valence-electron chi connectivity index (χ0n) is 18.8. The number of ether oxygens (including phenoxy) is 1. The van der Waals surface area contributed by atoms with E-state index in [1.54, 1.807) is 4.90 Å². The molecule has 0 saturated carbocycles. The molecule has 30 heavy (non-hydrogen) atoms. The number of amides is 3. The Hall–Kier alpha value is -2.57. The number of hydrogen-bond donors (Lipinski definition) is 2. The van der Waals surface area contributed by atoms with E-state index in [1.807, 2.05) is 52.8 Å². The Labute approximate surface area is 179 Å². The highest BCUT2D eigenvalue weighted by atomic mass is 16.5. The minimum Gasteiger partial charge on any atom is -0.493 e. The van der Waals surface area contributed by atoms with Crippen molar-refractivity contribution in [2.75, 3.05) is 26.2 Å². The van der Waals surface area contributed by atoms with Crippen LogP contribution in [0.15, 0.2) is 18.2 Å². The third kappa shape index (κ3) is 6.75. The highest BCUT2D eigenvalue weighted by Gasteiger charge is 2.39. The first-order valence-electron chi connectivity index (χ1n) is 10.6. The van der Waals surface area contributed by atoms with Crippen LogP contribution in [0.2, 0.25) is 0 Å². The smallest absolute Gasteiger partial charge is 0.225 e. The molecule has 0 aromatic heterocycles. The summed E-state index contributed by atoms with van der Waals surface area (Å²) >= 11 is 0. The Morgan fingerprint density at radius 3 is 2.37 bits per heavy atom. The molecule has 2 N–H and O–H groups in total. The molecule has 1 atom stereocenters. The second-order valence-corrected chi connectivity index (χ2v) is 8.89. The number of hydrogen-bond acceptors (Lipinski definition) is 4. The summed E-state index contributed by atoms with van der Waals surface area (Å²) in [6.07, 6.45) is 1.24. The summed E-state index contributed by atoms with van der Waals surface area (Å²) in [6, 6.07) is 6.01. The first-order chi connectivity index (χ1) is 14.1. The van der Waals surface area contributed by atoms with Gasteiger partial charge in [0.1, 0.15) is 5.75 Å². The lowest BCUT2D eigenvalue weighted by Crippen LogP contribution is -2.43. The van der Waals surface area contributed by atoms with Crippen molar-refractivity contribution in [3.8, 4) is 5.75 Å². The molecule has 1 aliphatic heterocycles. The van der Waals surface area contributed by atoms with E-state index < -0.39 is 0 Å². The summed E-state index contributed by atoms with van der Waals surface area (Å²) in [6.45, 7) is 11.6. The first-order valence-corrected chi connectivity index (χ1v) is 10.6. The Morgan fingerprint density at radius 1 is 1.13 bits per heavy atom. The van der Waals surface area contributed by atoms with Crippen LogP contribution in [0.4, 0.5) is 0 Å². The Balaban J connectivity index is 1.59. The monoisotopic (exact) mass is 417 g/mol. The molecule has 0 spiro atoms. The fraction of sp³-hybridized carbons (Fsp3) is 0.609. The Bertz CT molecular complexity index is 750. The van der Waals surface area contributed by atoms with Crippen LogP contribution in [0.25, 0.3) is 0 Å². The number of nitrogens with zero attached hydrogens (tertiary/aromatic N) is 1. The van der Waals surface area contributed by atoms with Gasteiger partial charge < -0.3 is 20.3 Å². The maximum absolute atomic E-state index is 12.3. The highest BCUT2D eigenvalue weighted by Crippen LogP contribution is 2.25. The van der Waals surface area contributed by atoms with Crippen LogP contribution in [0.3, 0.4) is 0 Å². The Morgan fingerprint density at radius 2 is 1.77 bits per heavy atom. The van der Waals surface area contributed by atoms with Crippen LogP contribution in [-0.4, -0.2) is 54.4 Å². The Kier molecular flexibility index (Phi) is 8.26. The molecule has 1 aromatic carbocycles. The van der Waals surface area contributed by atoms with Gasteiger partial charge >= 0.3 is 0 Å². The van der Waals surface area contributed by atoms with E-state index in [2.05, 4.69) is 10.6 Å². The topological polar surface area (TPSA) is 87.7 Å². The molecule has 1 heterocycles. The zero-order valence-corrected chi connectivity index (χ0v) is 18.8. The van der Waals surface area contributed by atoms with Gasteiger partial charge in [0.25, 0.3) is 0 Å². The van der Waals surface area contributed by atoms with E-state index in [0.29, 0.717) is 39.1 Å². The van der Waals surface area contributed by atoms with Crippen molar-refractivity contribution in [1.29, 1.82) is 0 Å². The van der Waals surface area contributed by atoms with Crippen molar-refractivity contribution in [2.24, 2.45) is 5.92 Å². The van der Waals surface area contributed by atoms with Gasteiger partial charge in [-0.2, -0.15) is 0 Å². The molecule has 3 amide bonds. The van der Waals surface area contributed by atoms with Crippen LogP contribution in [0.5, 0.6) is 5.75 Å². The van der Waals surface area contributed by atoms with Crippen LogP contribution in [0, 0.1) is 19.8 Å². The predicted octanol–water partition coefficient (Wildman–Crippen LogP) is 2.34. The number of aryl methyl sites for hydroxylation is 2. The summed E-state index contributed by atoms with van der Waals surface area (Å²) in [7, 11) is 0. The summed E-state index contributed by atoms with van der Waals surface area (Å²) in [5.41, 5.74) is 1.90. The van der Waals surface area contributed by atoms with Crippen LogP contribution < -0.4 is 15.4 Å². The van der Waals surface area contributed by atoms with Gasteiger partial charge in [0.15, 0.2) is 0 Å².